The second kappa shape index (κ2) is 9.91. The van der Waals surface area contributed by atoms with E-state index in [2.05, 4.69) is 20.5 Å². The van der Waals surface area contributed by atoms with Gasteiger partial charge in [0.15, 0.2) is 5.75 Å². The Hall–Kier alpha value is -4.64. The number of phenolic OH excluding ortho intramolecular Hbond substituents is 2. The van der Waals surface area contributed by atoms with Gasteiger partial charge in [-0.25, -0.2) is 0 Å². The van der Waals surface area contributed by atoms with Crippen molar-refractivity contribution in [3.05, 3.63) is 60.2 Å². The molecule has 0 aliphatic rings. The summed E-state index contributed by atoms with van der Waals surface area (Å²) in [6.45, 7) is 1.64. The quantitative estimate of drug-likeness (QED) is 0.102. The van der Waals surface area contributed by atoms with Gasteiger partial charge in [-0.2, -0.15) is 27.1 Å². The fourth-order valence-corrected chi connectivity index (χ4v) is 4.76. The Morgan fingerprint density at radius 3 is 2.00 bits per heavy atom. The zero-order valence-corrected chi connectivity index (χ0v) is 21.5. The van der Waals surface area contributed by atoms with Crippen LogP contribution in [-0.4, -0.2) is 36.2 Å². The van der Waals surface area contributed by atoms with Crippen molar-refractivity contribution in [2.45, 2.75) is 16.7 Å². The third kappa shape index (κ3) is 5.78. The summed E-state index contributed by atoms with van der Waals surface area (Å²) in [5.41, 5.74) is 12.1. The molecule has 0 heterocycles. The highest BCUT2D eigenvalue weighted by molar-refractivity contribution is 7.86. The van der Waals surface area contributed by atoms with Gasteiger partial charge in [0, 0.05) is 22.8 Å². The summed E-state index contributed by atoms with van der Waals surface area (Å²) in [6.07, 6.45) is 0. The Labute approximate surface area is 221 Å². The Morgan fingerprint density at radius 2 is 1.38 bits per heavy atom. The number of rotatable bonds is 6. The van der Waals surface area contributed by atoms with E-state index in [1.165, 1.54) is 12.1 Å². The molecule has 0 saturated carbocycles. The predicted octanol–water partition coefficient (Wildman–Crippen LogP) is 5.05. The number of hydrogen-bond donors (Lipinski definition) is 6. The van der Waals surface area contributed by atoms with Gasteiger partial charge in [0.25, 0.3) is 20.2 Å². The molecular formula is C23H20N6O8S2. The van der Waals surface area contributed by atoms with Crippen LogP contribution in [0.3, 0.4) is 0 Å². The number of phenols is 2. The SMILES string of the molecule is Cc1cc(N=Nc2c(S(=O)(=O)O)cc3cc(S(=O)(=O)O)cc(N)c3c2O)c(O)cc1N=Nc1ccc(N)cc1. The number of fused-ring (bicyclic) bond motifs is 1. The van der Waals surface area contributed by atoms with E-state index in [1.54, 1.807) is 31.2 Å². The van der Waals surface area contributed by atoms with Crippen LogP contribution in [0.2, 0.25) is 0 Å². The van der Waals surface area contributed by atoms with Crippen molar-refractivity contribution >= 4 is 65.1 Å². The zero-order valence-electron chi connectivity index (χ0n) is 19.9. The first-order valence-electron chi connectivity index (χ1n) is 10.7. The van der Waals surface area contributed by atoms with Gasteiger partial charge < -0.3 is 21.7 Å². The minimum atomic E-state index is -5.04. The number of aryl methyl sites for hydroxylation is 1. The number of nitrogens with two attached hydrogens (primary N) is 2. The van der Waals surface area contributed by atoms with E-state index in [0.29, 0.717) is 16.9 Å². The van der Waals surface area contributed by atoms with E-state index in [0.717, 1.165) is 18.2 Å². The number of nitrogen functional groups attached to an aromatic ring is 2. The highest BCUT2D eigenvalue weighted by Gasteiger charge is 2.25. The van der Waals surface area contributed by atoms with Crippen molar-refractivity contribution < 1.29 is 36.2 Å². The number of aromatic hydroxyl groups is 2. The Morgan fingerprint density at radius 1 is 0.744 bits per heavy atom. The lowest BCUT2D eigenvalue weighted by molar-refractivity contribution is 0.471. The van der Waals surface area contributed by atoms with Crippen LogP contribution in [0, 0.1) is 6.92 Å². The Balaban J connectivity index is 1.80. The fourth-order valence-electron chi connectivity index (χ4n) is 3.55. The molecule has 0 radical (unpaired) electrons. The molecule has 0 spiro atoms. The van der Waals surface area contributed by atoms with Gasteiger partial charge in [0.2, 0.25) is 0 Å². The molecule has 0 aliphatic carbocycles. The van der Waals surface area contributed by atoms with Gasteiger partial charge in [-0.1, -0.05) is 0 Å². The number of azo groups is 2. The molecule has 0 saturated heterocycles. The number of benzene rings is 4. The standard InChI is InChI=1S/C23H20N6O8S2/c1-11-6-18(19(30)10-17(11)27-26-14-4-2-13(24)3-5-14)28-29-22-20(39(35,36)37)8-12-7-15(38(32,33)34)9-16(25)21(12)23(22)31/h2-10,30-31H,24-25H2,1H3,(H,32,33,34)(H,35,36,37). The second-order valence-electron chi connectivity index (χ2n) is 8.25. The Bertz CT molecular complexity index is 1910. The average molecular weight is 573 g/mol. The molecule has 0 amide bonds. The lowest BCUT2D eigenvalue weighted by Gasteiger charge is -2.12. The van der Waals surface area contributed by atoms with Crippen LogP contribution >= 0.6 is 0 Å². The number of hydrogen-bond acceptors (Lipinski definition) is 12. The maximum atomic E-state index is 12.1. The topological polar surface area (TPSA) is 251 Å². The van der Waals surface area contributed by atoms with Crippen molar-refractivity contribution in [2.24, 2.45) is 20.5 Å². The molecule has 8 N–H and O–H groups in total. The monoisotopic (exact) mass is 572 g/mol. The highest BCUT2D eigenvalue weighted by atomic mass is 32.2. The molecule has 0 bridgehead atoms. The van der Waals surface area contributed by atoms with E-state index in [4.69, 9.17) is 11.5 Å². The largest absolute Gasteiger partial charge is 0.506 e. The average Bonchev–Trinajstić information content (AvgIpc) is 2.83. The minimum absolute atomic E-state index is 0.144. The lowest BCUT2D eigenvalue weighted by Crippen LogP contribution is -2.02. The summed E-state index contributed by atoms with van der Waals surface area (Å²) < 4.78 is 66.2. The summed E-state index contributed by atoms with van der Waals surface area (Å²) in [5.74, 6) is -1.27. The van der Waals surface area contributed by atoms with Crippen LogP contribution < -0.4 is 11.5 Å². The molecular weight excluding hydrogens is 552 g/mol. The van der Waals surface area contributed by atoms with Crippen LogP contribution in [0.25, 0.3) is 10.8 Å². The Kier molecular flexibility index (Phi) is 6.96. The summed E-state index contributed by atoms with van der Waals surface area (Å²) in [7, 11) is -9.77. The third-order valence-electron chi connectivity index (χ3n) is 5.45. The molecule has 4 rings (SSSR count). The molecule has 4 aromatic rings. The van der Waals surface area contributed by atoms with E-state index in [9.17, 15) is 36.2 Å². The fraction of sp³-hybridized carbons (Fsp3) is 0.0435. The van der Waals surface area contributed by atoms with Crippen LogP contribution in [0.15, 0.2) is 84.8 Å². The smallest absolute Gasteiger partial charge is 0.296 e. The van der Waals surface area contributed by atoms with Crippen LogP contribution in [0.1, 0.15) is 5.56 Å². The van der Waals surface area contributed by atoms with Gasteiger partial charge in [-0.05, 0) is 66.4 Å². The minimum Gasteiger partial charge on any atom is -0.506 e. The van der Waals surface area contributed by atoms with Gasteiger partial charge in [-0.15, -0.1) is 10.2 Å². The summed E-state index contributed by atoms with van der Waals surface area (Å²) >= 11 is 0. The molecule has 0 fully saturated rings. The van der Waals surface area contributed by atoms with Crippen molar-refractivity contribution in [3.8, 4) is 11.5 Å². The van der Waals surface area contributed by atoms with Crippen molar-refractivity contribution in [1.82, 2.24) is 0 Å². The van der Waals surface area contributed by atoms with Crippen LogP contribution in [-0.2, 0) is 20.2 Å². The van der Waals surface area contributed by atoms with Gasteiger partial charge in [0.1, 0.15) is 22.0 Å². The van der Waals surface area contributed by atoms with Crippen molar-refractivity contribution in [3.63, 3.8) is 0 Å². The summed E-state index contributed by atoms with van der Waals surface area (Å²) in [6, 6.07) is 11.7. The molecule has 0 aliphatic heterocycles. The summed E-state index contributed by atoms with van der Waals surface area (Å²) in [4.78, 5) is -1.61. The van der Waals surface area contributed by atoms with Gasteiger partial charge in [-0.3, -0.25) is 9.11 Å². The van der Waals surface area contributed by atoms with E-state index in [1.807, 2.05) is 0 Å². The first kappa shape index (κ1) is 27.4. The zero-order chi connectivity index (χ0) is 28.7. The van der Waals surface area contributed by atoms with Crippen LogP contribution in [0.5, 0.6) is 11.5 Å². The van der Waals surface area contributed by atoms with E-state index < -0.39 is 47.2 Å². The van der Waals surface area contributed by atoms with Crippen molar-refractivity contribution in [1.29, 1.82) is 0 Å². The molecule has 4 aromatic carbocycles. The maximum absolute atomic E-state index is 12.1. The number of nitrogens with zero attached hydrogens (tertiary/aromatic N) is 4. The first-order chi connectivity index (χ1) is 18.1. The summed E-state index contributed by atoms with van der Waals surface area (Å²) in [5, 5.41) is 36.5. The first-order valence-corrected chi connectivity index (χ1v) is 13.6. The number of anilines is 2. The molecule has 0 aromatic heterocycles. The van der Waals surface area contributed by atoms with Crippen molar-refractivity contribution in [2.75, 3.05) is 11.5 Å². The molecule has 14 nitrogen and oxygen atoms in total. The van der Waals surface area contributed by atoms with E-state index >= 15 is 0 Å². The molecule has 16 heteroatoms. The highest BCUT2D eigenvalue weighted by Crippen LogP contribution is 2.45. The van der Waals surface area contributed by atoms with E-state index in [-0.39, 0.29) is 27.8 Å². The molecule has 0 unspecified atom stereocenters. The van der Waals surface area contributed by atoms with Gasteiger partial charge >= 0.3 is 0 Å². The van der Waals surface area contributed by atoms with Crippen LogP contribution in [0.4, 0.5) is 34.1 Å². The normalized spacial score (nSPS) is 12.6. The molecule has 0 atom stereocenters. The molecule has 39 heavy (non-hydrogen) atoms. The van der Waals surface area contributed by atoms with Gasteiger partial charge in [0.05, 0.1) is 16.3 Å². The predicted molar refractivity (Wildman–Crippen MR) is 142 cm³/mol. The second-order valence-corrected chi connectivity index (χ2v) is 11.1. The molecule has 202 valence electrons. The lowest BCUT2D eigenvalue weighted by atomic mass is 10.1. The maximum Gasteiger partial charge on any atom is 0.296 e. The third-order valence-corrected chi connectivity index (χ3v) is 7.15.